The highest BCUT2D eigenvalue weighted by molar-refractivity contribution is 5.87. The summed E-state index contributed by atoms with van der Waals surface area (Å²) in [6.07, 6.45) is 11.1. The van der Waals surface area contributed by atoms with Crippen LogP contribution in [0.3, 0.4) is 0 Å². The van der Waals surface area contributed by atoms with E-state index in [-0.39, 0.29) is 6.54 Å². The Bertz CT molecular complexity index is 1540. The molecule has 0 saturated heterocycles. The Kier molecular flexibility index (Phi) is 11.2. The first-order valence-electron chi connectivity index (χ1n) is 13.3. The predicted octanol–water partition coefficient (Wildman–Crippen LogP) is 5.84. The molecule has 2 aromatic heterocycles. The Morgan fingerprint density at radius 2 is 1.71 bits per heavy atom. The van der Waals surface area contributed by atoms with Gasteiger partial charge in [-0.2, -0.15) is 13.2 Å². The number of nitrogens with zero attached hydrogens (tertiary/aromatic N) is 1. The summed E-state index contributed by atoms with van der Waals surface area (Å²) >= 11 is 0. The molecule has 2 aromatic carbocycles. The number of carbonyl (C=O) groups excluding carboxylic acids is 2. The van der Waals surface area contributed by atoms with Crippen molar-refractivity contribution in [1.29, 1.82) is 0 Å². The topological polar surface area (TPSA) is 95.0 Å². The van der Waals surface area contributed by atoms with Crippen LogP contribution < -0.4 is 5.73 Å². The van der Waals surface area contributed by atoms with Gasteiger partial charge in [0, 0.05) is 59.5 Å². The fourth-order valence-corrected chi connectivity index (χ4v) is 4.88. The van der Waals surface area contributed by atoms with E-state index in [4.69, 9.17) is 18.6 Å². The Hall–Kier alpha value is -4.47. The molecule has 0 bridgehead atoms. The minimum atomic E-state index is -4.88. The Morgan fingerprint density at radius 1 is 1.05 bits per heavy atom. The Labute approximate surface area is 237 Å². The molecule has 214 valence electrons. The number of hydrogen-bond acceptors (Lipinski definition) is 3. The average Bonchev–Trinajstić information content (AvgIpc) is 3.56. The fourth-order valence-electron chi connectivity index (χ4n) is 4.88. The highest BCUT2D eigenvalue weighted by Crippen LogP contribution is 2.38. The molecule has 1 aliphatic rings. The van der Waals surface area contributed by atoms with Crippen LogP contribution in [0.5, 0.6) is 0 Å². The van der Waals surface area contributed by atoms with Crippen LogP contribution in [0.1, 0.15) is 48.5 Å². The third-order valence-corrected chi connectivity index (χ3v) is 6.72. The number of hydrogen-bond donors (Lipinski definition) is 3. The van der Waals surface area contributed by atoms with Crippen LogP contribution in [0.25, 0.3) is 21.8 Å². The van der Waals surface area contributed by atoms with E-state index < -0.39 is 18.1 Å². The number of para-hydroxylation sites is 2. The monoisotopic (exact) mass is 562 g/mol. The molecule has 0 radical (unpaired) electrons. The molecular formula is C32H33F3N4O2. The molecule has 0 aliphatic carbocycles. The minimum absolute atomic E-state index is 0.0441. The zero-order chi connectivity index (χ0) is 29.8. The van der Waals surface area contributed by atoms with Gasteiger partial charge < -0.3 is 25.4 Å². The van der Waals surface area contributed by atoms with Gasteiger partial charge in [0.1, 0.15) is 6.29 Å². The highest BCUT2D eigenvalue weighted by Gasteiger charge is 2.46. The van der Waals surface area contributed by atoms with Gasteiger partial charge in [-0.05, 0) is 49.1 Å². The lowest BCUT2D eigenvalue weighted by atomic mass is 9.94. The van der Waals surface area contributed by atoms with Crippen molar-refractivity contribution in [3.8, 4) is 24.7 Å². The molecule has 1 atom stereocenters. The fraction of sp³-hybridized carbons (Fsp3) is 0.312. The van der Waals surface area contributed by atoms with Crippen molar-refractivity contribution >= 4 is 34.0 Å². The zero-order valence-electron chi connectivity index (χ0n) is 22.6. The Morgan fingerprint density at radius 3 is 2.32 bits per heavy atom. The average molecular weight is 563 g/mol. The lowest BCUT2D eigenvalue weighted by Crippen LogP contribution is -2.46. The van der Waals surface area contributed by atoms with Crippen molar-refractivity contribution in [2.45, 2.75) is 50.7 Å². The van der Waals surface area contributed by atoms with Gasteiger partial charge in [-0.3, -0.25) is 4.79 Å². The van der Waals surface area contributed by atoms with Gasteiger partial charge in [-0.25, -0.2) is 0 Å². The van der Waals surface area contributed by atoms with Gasteiger partial charge in [0.25, 0.3) is 0 Å². The summed E-state index contributed by atoms with van der Waals surface area (Å²) in [4.78, 5) is 28.5. The quantitative estimate of drug-likeness (QED) is 0.157. The number of fused-ring (bicyclic) bond motifs is 4. The van der Waals surface area contributed by atoms with Crippen molar-refractivity contribution in [3.63, 3.8) is 0 Å². The molecule has 0 spiro atoms. The summed E-state index contributed by atoms with van der Waals surface area (Å²) in [6, 6.07) is 15.2. The van der Waals surface area contributed by atoms with Gasteiger partial charge in [0.2, 0.25) is 0 Å². The van der Waals surface area contributed by atoms with Gasteiger partial charge in [0.05, 0.1) is 6.04 Å². The van der Waals surface area contributed by atoms with Gasteiger partial charge in [-0.1, -0.05) is 36.4 Å². The number of aromatic amines is 2. The second kappa shape index (κ2) is 14.8. The van der Waals surface area contributed by atoms with E-state index in [1.54, 1.807) is 0 Å². The summed E-state index contributed by atoms with van der Waals surface area (Å²) in [7, 11) is 0. The summed E-state index contributed by atoms with van der Waals surface area (Å²) in [5, 5.41) is 2.29. The number of unbranched alkanes of at least 4 members (excludes halogenated alkanes) is 1. The molecule has 0 saturated carbocycles. The molecule has 4 N–H and O–H groups in total. The number of H-pyrrole nitrogens is 2. The van der Waals surface area contributed by atoms with Crippen LogP contribution in [-0.2, 0) is 22.4 Å². The third-order valence-electron chi connectivity index (χ3n) is 6.72. The van der Waals surface area contributed by atoms with E-state index >= 15 is 0 Å². The molecule has 5 rings (SSSR count). The number of nitrogens with two attached hydrogens (primary N) is 1. The minimum Gasteiger partial charge on any atom is -0.361 e. The molecule has 0 fully saturated rings. The first-order valence-corrected chi connectivity index (χ1v) is 13.3. The van der Waals surface area contributed by atoms with Crippen molar-refractivity contribution < 1.29 is 22.8 Å². The second-order valence-electron chi connectivity index (χ2n) is 9.38. The normalized spacial score (nSPS) is 14.1. The first-order chi connectivity index (χ1) is 19.8. The lowest BCUT2D eigenvalue weighted by molar-refractivity contribution is -0.188. The summed E-state index contributed by atoms with van der Waals surface area (Å²) in [5.41, 5.74) is 10.5. The smallest absolute Gasteiger partial charge is 0.361 e. The molecule has 1 aliphatic heterocycles. The van der Waals surface area contributed by atoms with E-state index in [9.17, 15) is 22.8 Å². The number of halogens is 3. The molecule has 4 aromatic rings. The number of aldehydes is 1. The maximum Gasteiger partial charge on any atom is 0.471 e. The number of terminal acetylenes is 2. The maximum atomic E-state index is 12.9. The van der Waals surface area contributed by atoms with E-state index in [0.29, 0.717) is 44.3 Å². The number of nitrogens with one attached hydrogen (secondary N) is 2. The molecule has 9 heteroatoms. The van der Waals surface area contributed by atoms with Crippen molar-refractivity contribution in [1.82, 2.24) is 14.9 Å². The zero-order valence-corrected chi connectivity index (χ0v) is 22.6. The molecular weight excluding hydrogens is 529 g/mol. The van der Waals surface area contributed by atoms with E-state index in [1.807, 2.05) is 36.5 Å². The second-order valence-corrected chi connectivity index (χ2v) is 9.38. The van der Waals surface area contributed by atoms with Gasteiger partial charge in [-0.15, -0.1) is 24.7 Å². The lowest BCUT2D eigenvalue weighted by Gasteiger charge is -2.36. The summed E-state index contributed by atoms with van der Waals surface area (Å²) in [6.45, 7) is 0.754. The van der Waals surface area contributed by atoms with E-state index in [0.717, 1.165) is 34.1 Å². The SMILES string of the molecule is C#CCCC=O.C#CCC[C@H]1c2[nH]c3ccccc3c2CCN1C(=O)C(F)(F)F.NCCc1c[nH]c2ccccc12. The molecule has 41 heavy (non-hydrogen) atoms. The highest BCUT2D eigenvalue weighted by atomic mass is 19.4. The first kappa shape index (κ1) is 31.1. The van der Waals surface area contributed by atoms with Crippen LogP contribution in [0.2, 0.25) is 0 Å². The molecule has 3 heterocycles. The van der Waals surface area contributed by atoms with Gasteiger partial charge in [0.15, 0.2) is 0 Å². The number of benzene rings is 2. The Balaban J connectivity index is 0.000000213. The number of rotatable bonds is 6. The van der Waals surface area contributed by atoms with Crippen LogP contribution >= 0.6 is 0 Å². The predicted molar refractivity (Wildman–Crippen MR) is 156 cm³/mol. The van der Waals surface area contributed by atoms with Crippen molar-refractivity contribution in [2.75, 3.05) is 13.1 Å². The molecule has 1 amide bonds. The summed E-state index contributed by atoms with van der Waals surface area (Å²) < 4.78 is 38.6. The number of amides is 1. The van der Waals surface area contributed by atoms with E-state index in [2.05, 4.69) is 40.0 Å². The number of aromatic nitrogens is 2. The standard InChI is InChI=1S/C17H15F3N2O.C10H12N2.C5H6O/c1-2-3-8-14-15-12(11-6-4-5-7-13(11)21-15)9-10-22(14)16(23)17(18,19)20;11-6-5-8-7-12-10-4-2-1-3-9(8)10;1-2-3-4-5-6/h1,4-7,14,21H,3,8-10H2;1-4,7,12H,5-6,11H2;1,5H,3-4H2/t14-;;/m0../s1. The largest absolute Gasteiger partial charge is 0.471 e. The van der Waals surface area contributed by atoms with Gasteiger partial charge >= 0.3 is 12.1 Å². The van der Waals surface area contributed by atoms with Crippen LogP contribution in [-0.4, -0.2) is 46.3 Å². The number of alkyl halides is 3. The van der Waals surface area contributed by atoms with E-state index in [1.165, 1.54) is 16.5 Å². The van der Waals surface area contributed by atoms with Crippen LogP contribution in [0.4, 0.5) is 13.2 Å². The number of carbonyl (C=O) groups is 2. The maximum absolute atomic E-state index is 12.9. The molecule has 6 nitrogen and oxygen atoms in total. The van der Waals surface area contributed by atoms with Crippen molar-refractivity contribution in [2.24, 2.45) is 5.73 Å². The van der Waals surface area contributed by atoms with Crippen LogP contribution in [0.15, 0.2) is 54.7 Å². The van der Waals surface area contributed by atoms with Crippen LogP contribution in [0, 0.1) is 24.7 Å². The molecule has 0 unspecified atom stereocenters. The summed E-state index contributed by atoms with van der Waals surface area (Å²) in [5.74, 6) is 2.98. The third kappa shape index (κ3) is 7.81. The van der Waals surface area contributed by atoms with Crippen molar-refractivity contribution in [3.05, 3.63) is 71.5 Å².